The van der Waals surface area contributed by atoms with E-state index in [9.17, 15) is 0 Å². The van der Waals surface area contributed by atoms with Crippen LogP contribution in [0.2, 0.25) is 0 Å². The fraction of sp³-hybridized carbons (Fsp3) is 0.500. The van der Waals surface area contributed by atoms with Crippen molar-refractivity contribution in [1.82, 2.24) is 0 Å². The maximum absolute atomic E-state index is 5.43. The average Bonchev–Trinajstić information content (AvgIpc) is 2.25. The summed E-state index contributed by atoms with van der Waals surface area (Å²) >= 11 is 3.52. The molecular formula is C12H17BrO. The summed E-state index contributed by atoms with van der Waals surface area (Å²) in [7, 11) is 0. The molecule has 0 aliphatic carbocycles. The van der Waals surface area contributed by atoms with E-state index in [1.807, 2.05) is 6.92 Å². The van der Waals surface area contributed by atoms with Gasteiger partial charge in [-0.2, -0.15) is 0 Å². The van der Waals surface area contributed by atoms with Crippen molar-refractivity contribution in [2.45, 2.75) is 13.3 Å². The molecule has 2 heteroatoms. The van der Waals surface area contributed by atoms with Gasteiger partial charge in [-0.1, -0.05) is 46.3 Å². The fourth-order valence-corrected chi connectivity index (χ4v) is 1.81. The molecule has 0 saturated heterocycles. The highest BCUT2D eigenvalue weighted by atomic mass is 79.9. The van der Waals surface area contributed by atoms with Gasteiger partial charge in [-0.3, -0.25) is 0 Å². The number of rotatable bonds is 6. The Morgan fingerprint density at radius 1 is 1.29 bits per heavy atom. The molecule has 0 heterocycles. The van der Waals surface area contributed by atoms with Crippen LogP contribution in [-0.4, -0.2) is 18.5 Å². The van der Waals surface area contributed by atoms with Gasteiger partial charge in [0, 0.05) is 11.9 Å². The van der Waals surface area contributed by atoms with E-state index < -0.39 is 0 Å². The van der Waals surface area contributed by atoms with Crippen LogP contribution in [0.25, 0.3) is 0 Å². The Morgan fingerprint density at radius 3 is 2.57 bits per heavy atom. The number of hydrogen-bond donors (Lipinski definition) is 0. The van der Waals surface area contributed by atoms with Crippen LogP contribution >= 0.6 is 15.9 Å². The zero-order valence-electron chi connectivity index (χ0n) is 8.58. The molecule has 1 aromatic rings. The van der Waals surface area contributed by atoms with Crippen molar-refractivity contribution < 1.29 is 4.74 Å². The van der Waals surface area contributed by atoms with Crippen molar-refractivity contribution in [2.24, 2.45) is 5.92 Å². The van der Waals surface area contributed by atoms with E-state index in [0.717, 1.165) is 25.0 Å². The van der Waals surface area contributed by atoms with Gasteiger partial charge >= 0.3 is 0 Å². The average molecular weight is 257 g/mol. The van der Waals surface area contributed by atoms with Gasteiger partial charge in [0.25, 0.3) is 0 Å². The van der Waals surface area contributed by atoms with Crippen LogP contribution in [0.4, 0.5) is 0 Å². The van der Waals surface area contributed by atoms with Crippen LogP contribution in [0.1, 0.15) is 12.5 Å². The third-order valence-electron chi connectivity index (χ3n) is 2.14. The monoisotopic (exact) mass is 256 g/mol. The first-order valence-corrected chi connectivity index (χ1v) is 6.16. The van der Waals surface area contributed by atoms with Crippen LogP contribution in [0.15, 0.2) is 30.3 Å². The Bertz CT molecular complexity index is 235. The predicted molar refractivity (Wildman–Crippen MR) is 63.9 cm³/mol. The molecule has 0 bridgehead atoms. The van der Waals surface area contributed by atoms with Crippen LogP contribution in [0, 0.1) is 5.92 Å². The van der Waals surface area contributed by atoms with E-state index in [4.69, 9.17) is 4.74 Å². The molecule has 1 nitrogen and oxygen atoms in total. The maximum Gasteiger partial charge on any atom is 0.0505 e. The van der Waals surface area contributed by atoms with Crippen molar-refractivity contribution in [3.8, 4) is 0 Å². The summed E-state index contributed by atoms with van der Waals surface area (Å²) in [6.07, 6.45) is 1.09. The SMILES string of the molecule is CCOCC(CBr)Cc1ccccc1. The van der Waals surface area contributed by atoms with Gasteiger partial charge < -0.3 is 4.74 Å². The standard InChI is InChI=1S/C12H17BrO/c1-2-14-10-12(9-13)8-11-6-4-3-5-7-11/h3-7,12H,2,8-10H2,1H3. The summed E-state index contributed by atoms with van der Waals surface area (Å²) in [5.74, 6) is 0.581. The number of hydrogen-bond acceptors (Lipinski definition) is 1. The molecule has 1 aromatic carbocycles. The molecule has 1 unspecified atom stereocenters. The fourth-order valence-electron chi connectivity index (χ4n) is 1.39. The molecule has 1 atom stereocenters. The molecule has 1 rings (SSSR count). The molecule has 0 aliphatic heterocycles. The van der Waals surface area contributed by atoms with Crippen molar-refractivity contribution in [3.05, 3.63) is 35.9 Å². The Morgan fingerprint density at radius 2 is 2.00 bits per heavy atom. The minimum Gasteiger partial charge on any atom is -0.381 e. The Balaban J connectivity index is 2.40. The zero-order chi connectivity index (χ0) is 10.2. The van der Waals surface area contributed by atoms with E-state index in [2.05, 4.69) is 46.3 Å². The van der Waals surface area contributed by atoms with E-state index in [1.54, 1.807) is 0 Å². The molecular weight excluding hydrogens is 240 g/mol. The Labute approximate surface area is 94.6 Å². The van der Waals surface area contributed by atoms with Gasteiger partial charge in [0.05, 0.1) is 6.61 Å². The number of ether oxygens (including phenoxy) is 1. The molecule has 0 aliphatic rings. The van der Waals surface area contributed by atoms with Gasteiger partial charge in [-0.05, 0) is 24.8 Å². The highest BCUT2D eigenvalue weighted by molar-refractivity contribution is 9.09. The Kier molecular flexibility index (Phi) is 5.88. The highest BCUT2D eigenvalue weighted by Crippen LogP contribution is 2.11. The number of alkyl halides is 1. The van der Waals surface area contributed by atoms with Gasteiger partial charge in [0.1, 0.15) is 0 Å². The lowest BCUT2D eigenvalue weighted by Crippen LogP contribution is -2.14. The maximum atomic E-state index is 5.43. The first kappa shape index (κ1) is 11.7. The van der Waals surface area contributed by atoms with Crippen LogP contribution in [-0.2, 0) is 11.2 Å². The van der Waals surface area contributed by atoms with E-state index >= 15 is 0 Å². The molecule has 0 N–H and O–H groups in total. The van der Waals surface area contributed by atoms with Crippen molar-refractivity contribution in [1.29, 1.82) is 0 Å². The molecule has 0 aromatic heterocycles. The molecule has 0 amide bonds. The van der Waals surface area contributed by atoms with Gasteiger partial charge in [-0.25, -0.2) is 0 Å². The molecule has 0 spiro atoms. The first-order chi connectivity index (χ1) is 6.86. The second-order valence-electron chi connectivity index (χ2n) is 3.37. The summed E-state index contributed by atoms with van der Waals surface area (Å²) in [4.78, 5) is 0. The molecule has 0 radical (unpaired) electrons. The second kappa shape index (κ2) is 7.02. The van der Waals surface area contributed by atoms with Gasteiger partial charge in [-0.15, -0.1) is 0 Å². The normalized spacial score (nSPS) is 12.7. The summed E-state index contributed by atoms with van der Waals surface area (Å²) < 4.78 is 5.43. The molecule has 0 saturated carbocycles. The van der Waals surface area contributed by atoms with E-state index in [1.165, 1.54) is 5.56 Å². The first-order valence-electron chi connectivity index (χ1n) is 5.04. The lowest BCUT2D eigenvalue weighted by molar-refractivity contribution is 0.118. The van der Waals surface area contributed by atoms with Crippen LogP contribution in [0.3, 0.4) is 0 Å². The largest absolute Gasteiger partial charge is 0.381 e. The van der Waals surface area contributed by atoms with Crippen molar-refractivity contribution in [3.63, 3.8) is 0 Å². The quantitative estimate of drug-likeness (QED) is 0.710. The topological polar surface area (TPSA) is 9.23 Å². The van der Waals surface area contributed by atoms with Crippen molar-refractivity contribution in [2.75, 3.05) is 18.5 Å². The predicted octanol–water partition coefficient (Wildman–Crippen LogP) is 3.28. The third kappa shape index (κ3) is 4.25. The van der Waals surface area contributed by atoms with Crippen LogP contribution in [0.5, 0.6) is 0 Å². The minimum atomic E-state index is 0.581. The third-order valence-corrected chi connectivity index (χ3v) is 3.06. The van der Waals surface area contributed by atoms with E-state index in [0.29, 0.717) is 5.92 Å². The second-order valence-corrected chi connectivity index (χ2v) is 4.02. The summed E-state index contributed by atoms with van der Waals surface area (Å²) in [5.41, 5.74) is 1.39. The summed E-state index contributed by atoms with van der Waals surface area (Å²) in [6, 6.07) is 10.6. The van der Waals surface area contributed by atoms with Gasteiger partial charge in [0.15, 0.2) is 0 Å². The smallest absolute Gasteiger partial charge is 0.0505 e. The summed E-state index contributed by atoms with van der Waals surface area (Å²) in [6.45, 7) is 3.68. The number of halogens is 1. The highest BCUT2D eigenvalue weighted by Gasteiger charge is 2.07. The minimum absolute atomic E-state index is 0.581. The molecule has 0 fully saturated rings. The van der Waals surface area contributed by atoms with Crippen molar-refractivity contribution >= 4 is 15.9 Å². The molecule has 14 heavy (non-hydrogen) atoms. The summed E-state index contributed by atoms with van der Waals surface area (Å²) in [5, 5.41) is 1.00. The zero-order valence-corrected chi connectivity index (χ0v) is 10.2. The molecule has 78 valence electrons. The Hall–Kier alpha value is -0.340. The van der Waals surface area contributed by atoms with Crippen LogP contribution < -0.4 is 0 Å². The lowest BCUT2D eigenvalue weighted by atomic mass is 10.0. The number of benzene rings is 1. The lowest BCUT2D eigenvalue weighted by Gasteiger charge is -2.13. The van der Waals surface area contributed by atoms with Gasteiger partial charge in [0.2, 0.25) is 0 Å². The van der Waals surface area contributed by atoms with E-state index in [-0.39, 0.29) is 0 Å².